The molecule has 4 heteroatoms. The molecule has 4 nitrogen and oxygen atoms in total. The van der Waals surface area contributed by atoms with Gasteiger partial charge in [-0.05, 0) is 17.5 Å². The Morgan fingerprint density at radius 1 is 1.24 bits per heavy atom. The second kappa shape index (κ2) is 5.35. The van der Waals surface area contributed by atoms with Crippen LogP contribution in [0.4, 0.5) is 0 Å². The van der Waals surface area contributed by atoms with Crippen LogP contribution in [-0.4, -0.2) is 20.9 Å². The Balaban J connectivity index is 2.74. The van der Waals surface area contributed by atoms with Crippen LogP contribution < -0.4 is 0 Å². The Labute approximate surface area is 125 Å². The fourth-order valence-corrected chi connectivity index (χ4v) is 2.58. The quantitative estimate of drug-likeness (QED) is 0.928. The summed E-state index contributed by atoms with van der Waals surface area (Å²) in [4.78, 5) is 11.5. The summed E-state index contributed by atoms with van der Waals surface area (Å²) in [6.45, 7) is 10.3. The molecule has 0 atom stereocenters. The Kier molecular flexibility index (Phi) is 3.90. The summed E-state index contributed by atoms with van der Waals surface area (Å²) in [7, 11) is 0. The van der Waals surface area contributed by atoms with E-state index in [1.54, 1.807) is 4.68 Å². The number of benzene rings is 1. The molecule has 112 valence electrons. The van der Waals surface area contributed by atoms with Gasteiger partial charge in [0.1, 0.15) is 5.56 Å². The lowest BCUT2D eigenvalue weighted by molar-refractivity contribution is 0.0694. The third kappa shape index (κ3) is 2.84. The number of para-hydroxylation sites is 1. The summed E-state index contributed by atoms with van der Waals surface area (Å²) in [5, 5.41) is 13.8. The van der Waals surface area contributed by atoms with Crippen LogP contribution in [0.25, 0.3) is 5.69 Å². The monoisotopic (exact) mass is 286 g/mol. The molecule has 2 rings (SSSR count). The molecule has 1 aromatic carbocycles. The van der Waals surface area contributed by atoms with Crippen molar-refractivity contribution in [2.24, 2.45) is 0 Å². The highest BCUT2D eigenvalue weighted by Crippen LogP contribution is 2.31. The normalized spacial score (nSPS) is 11.9. The molecular weight excluding hydrogens is 264 g/mol. The van der Waals surface area contributed by atoms with Gasteiger partial charge in [0.05, 0.1) is 17.6 Å². The molecule has 21 heavy (non-hydrogen) atoms. The largest absolute Gasteiger partial charge is 0.478 e. The molecular formula is C17H22N2O2. The van der Waals surface area contributed by atoms with Crippen LogP contribution in [0.3, 0.4) is 0 Å². The van der Waals surface area contributed by atoms with E-state index in [0.717, 1.165) is 16.9 Å². The van der Waals surface area contributed by atoms with Gasteiger partial charge in [-0.3, -0.25) is 0 Å². The van der Waals surface area contributed by atoms with Gasteiger partial charge in [0.2, 0.25) is 0 Å². The van der Waals surface area contributed by atoms with E-state index < -0.39 is 5.97 Å². The molecule has 0 amide bonds. The van der Waals surface area contributed by atoms with Crippen molar-refractivity contribution in [3.63, 3.8) is 0 Å². The van der Waals surface area contributed by atoms with E-state index in [1.807, 2.05) is 39.0 Å². The lowest BCUT2D eigenvalue weighted by atomic mass is 9.88. The predicted molar refractivity (Wildman–Crippen MR) is 83.3 cm³/mol. The number of aromatic nitrogens is 2. The average molecular weight is 286 g/mol. The van der Waals surface area contributed by atoms with E-state index in [9.17, 15) is 9.90 Å². The molecule has 2 aromatic rings. The van der Waals surface area contributed by atoms with Gasteiger partial charge in [-0.25, -0.2) is 9.48 Å². The van der Waals surface area contributed by atoms with Crippen LogP contribution >= 0.6 is 0 Å². The standard InChI is InChI=1S/C17H22N2O2/c1-11(2)12-8-6-7-9-14(12)19-15(17(3,4)5)13(10-18-19)16(20)21/h6-11H,1-5H3,(H,20,21). The van der Waals surface area contributed by atoms with Crippen molar-refractivity contribution in [2.45, 2.75) is 46.0 Å². The number of hydrogen-bond acceptors (Lipinski definition) is 2. The molecule has 0 saturated heterocycles. The summed E-state index contributed by atoms with van der Waals surface area (Å²) in [5.41, 5.74) is 2.78. The molecule has 0 saturated carbocycles. The van der Waals surface area contributed by atoms with Crippen LogP contribution in [0, 0.1) is 0 Å². The molecule has 1 N–H and O–H groups in total. The van der Waals surface area contributed by atoms with Crippen LogP contribution in [-0.2, 0) is 5.41 Å². The van der Waals surface area contributed by atoms with Gasteiger partial charge in [0.25, 0.3) is 0 Å². The van der Waals surface area contributed by atoms with E-state index in [1.165, 1.54) is 6.20 Å². The average Bonchev–Trinajstić information content (AvgIpc) is 2.83. The highest BCUT2D eigenvalue weighted by Gasteiger charge is 2.28. The number of aromatic carboxylic acids is 1. The molecule has 0 unspecified atom stereocenters. The summed E-state index contributed by atoms with van der Waals surface area (Å²) in [5.74, 6) is -0.598. The zero-order chi connectivity index (χ0) is 15.8. The molecule has 0 bridgehead atoms. The molecule has 0 spiro atoms. The second-order valence-corrected chi connectivity index (χ2v) is 6.59. The highest BCUT2D eigenvalue weighted by atomic mass is 16.4. The molecule has 0 aliphatic carbocycles. The fraction of sp³-hybridized carbons (Fsp3) is 0.412. The van der Waals surface area contributed by atoms with Gasteiger partial charge in [-0.15, -0.1) is 0 Å². The van der Waals surface area contributed by atoms with Crippen LogP contribution in [0.15, 0.2) is 30.5 Å². The highest BCUT2D eigenvalue weighted by molar-refractivity contribution is 5.89. The smallest absolute Gasteiger partial charge is 0.339 e. The maximum Gasteiger partial charge on any atom is 0.339 e. The zero-order valence-corrected chi connectivity index (χ0v) is 13.2. The maximum absolute atomic E-state index is 11.5. The number of carboxylic acids is 1. The number of carboxylic acid groups (broad SMARTS) is 1. The molecule has 1 aromatic heterocycles. The van der Waals surface area contributed by atoms with Gasteiger partial charge in [0.15, 0.2) is 0 Å². The fourth-order valence-electron chi connectivity index (χ4n) is 2.58. The Morgan fingerprint density at radius 3 is 2.38 bits per heavy atom. The first-order valence-electron chi connectivity index (χ1n) is 7.14. The van der Waals surface area contributed by atoms with Gasteiger partial charge >= 0.3 is 5.97 Å². The molecule has 0 radical (unpaired) electrons. The van der Waals surface area contributed by atoms with Crippen molar-refractivity contribution in [1.29, 1.82) is 0 Å². The van der Waals surface area contributed by atoms with Crippen molar-refractivity contribution < 1.29 is 9.90 Å². The van der Waals surface area contributed by atoms with Crippen molar-refractivity contribution in [3.8, 4) is 5.69 Å². The summed E-state index contributed by atoms with van der Waals surface area (Å²) >= 11 is 0. The molecule has 1 heterocycles. The minimum atomic E-state index is -0.937. The molecule has 0 aliphatic rings. The first-order valence-corrected chi connectivity index (χ1v) is 7.14. The Bertz CT molecular complexity index is 664. The van der Waals surface area contributed by atoms with E-state index in [2.05, 4.69) is 25.0 Å². The van der Waals surface area contributed by atoms with Crippen molar-refractivity contribution in [3.05, 3.63) is 47.3 Å². The number of nitrogens with zero attached hydrogens (tertiary/aromatic N) is 2. The minimum absolute atomic E-state index is 0.265. The van der Waals surface area contributed by atoms with Crippen molar-refractivity contribution >= 4 is 5.97 Å². The number of hydrogen-bond donors (Lipinski definition) is 1. The lowest BCUT2D eigenvalue weighted by Crippen LogP contribution is -2.21. The first-order chi connectivity index (χ1) is 9.73. The predicted octanol–water partition coefficient (Wildman–Crippen LogP) is 3.99. The van der Waals surface area contributed by atoms with Crippen molar-refractivity contribution in [1.82, 2.24) is 9.78 Å². The Morgan fingerprint density at radius 2 is 1.86 bits per heavy atom. The van der Waals surface area contributed by atoms with Crippen LogP contribution in [0.1, 0.15) is 62.2 Å². The third-order valence-corrected chi connectivity index (χ3v) is 3.50. The van der Waals surface area contributed by atoms with Crippen LogP contribution in [0.2, 0.25) is 0 Å². The van der Waals surface area contributed by atoms with Gasteiger partial charge < -0.3 is 5.11 Å². The lowest BCUT2D eigenvalue weighted by Gasteiger charge is -2.23. The SMILES string of the molecule is CC(C)c1ccccc1-n1ncc(C(=O)O)c1C(C)(C)C. The third-order valence-electron chi connectivity index (χ3n) is 3.50. The van der Waals surface area contributed by atoms with Gasteiger partial charge in [0, 0.05) is 5.41 Å². The summed E-state index contributed by atoms with van der Waals surface area (Å²) in [6.07, 6.45) is 1.44. The van der Waals surface area contributed by atoms with E-state index in [0.29, 0.717) is 5.92 Å². The van der Waals surface area contributed by atoms with Crippen LogP contribution in [0.5, 0.6) is 0 Å². The van der Waals surface area contributed by atoms with E-state index >= 15 is 0 Å². The minimum Gasteiger partial charge on any atom is -0.478 e. The van der Waals surface area contributed by atoms with Gasteiger partial charge in [-0.2, -0.15) is 5.10 Å². The van der Waals surface area contributed by atoms with Gasteiger partial charge in [-0.1, -0.05) is 52.8 Å². The van der Waals surface area contributed by atoms with Crippen molar-refractivity contribution in [2.75, 3.05) is 0 Å². The topological polar surface area (TPSA) is 55.1 Å². The Hall–Kier alpha value is -2.10. The molecule has 0 fully saturated rings. The maximum atomic E-state index is 11.5. The summed E-state index contributed by atoms with van der Waals surface area (Å²) in [6, 6.07) is 8.00. The number of rotatable bonds is 3. The molecule has 0 aliphatic heterocycles. The van der Waals surface area contributed by atoms with E-state index in [4.69, 9.17) is 0 Å². The number of carbonyl (C=O) groups is 1. The second-order valence-electron chi connectivity index (χ2n) is 6.59. The zero-order valence-electron chi connectivity index (χ0n) is 13.2. The van der Waals surface area contributed by atoms with E-state index in [-0.39, 0.29) is 11.0 Å². The summed E-state index contributed by atoms with van der Waals surface area (Å²) < 4.78 is 1.78. The first kappa shape index (κ1) is 15.3.